The number of aromatic nitrogens is 1. The van der Waals surface area contributed by atoms with Crippen LogP contribution in [-0.2, 0) is 6.42 Å². The van der Waals surface area contributed by atoms with Gasteiger partial charge in [-0.3, -0.25) is 4.79 Å². The van der Waals surface area contributed by atoms with Crippen molar-refractivity contribution in [1.82, 2.24) is 4.98 Å². The van der Waals surface area contributed by atoms with Crippen LogP contribution in [0.4, 0.5) is 4.39 Å². The predicted molar refractivity (Wildman–Crippen MR) is 93.1 cm³/mol. The molecule has 2 aromatic heterocycles. The van der Waals surface area contributed by atoms with Crippen LogP contribution < -0.4 is 5.56 Å². The molecule has 0 aliphatic heterocycles. The Hall–Kier alpha value is -3.34. The third kappa shape index (κ3) is 2.80. The molecule has 0 amide bonds. The number of H-pyrrole nitrogens is 1. The van der Waals surface area contributed by atoms with Crippen molar-refractivity contribution in [2.45, 2.75) is 6.42 Å². The number of hydrogen-bond donors (Lipinski definition) is 2. The number of phenolic OH excluding ortho intramolecular Hbond substituents is 1. The summed E-state index contributed by atoms with van der Waals surface area (Å²) < 4.78 is 18.3. The van der Waals surface area contributed by atoms with Gasteiger partial charge in [-0.2, -0.15) is 0 Å². The van der Waals surface area contributed by atoms with Crippen molar-refractivity contribution < 1.29 is 13.9 Å². The van der Waals surface area contributed by atoms with Crippen LogP contribution in [0, 0.1) is 5.82 Å². The summed E-state index contributed by atoms with van der Waals surface area (Å²) in [5.74, 6) is -0.241. The van der Waals surface area contributed by atoms with Gasteiger partial charge in [0.15, 0.2) is 0 Å². The van der Waals surface area contributed by atoms with Crippen LogP contribution in [0.2, 0.25) is 0 Å². The number of hydrogen-bond acceptors (Lipinski definition) is 3. The zero-order valence-electron chi connectivity index (χ0n) is 13.1. The molecular formula is C20H14FNO3. The van der Waals surface area contributed by atoms with E-state index in [1.165, 1.54) is 18.2 Å². The van der Waals surface area contributed by atoms with Crippen LogP contribution in [0.1, 0.15) is 11.1 Å². The fourth-order valence-corrected chi connectivity index (χ4v) is 3.04. The van der Waals surface area contributed by atoms with Crippen LogP contribution in [0.5, 0.6) is 5.75 Å². The van der Waals surface area contributed by atoms with Gasteiger partial charge in [0, 0.05) is 34.6 Å². The second kappa shape index (κ2) is 5.94. The Morgan fingerprint density at radius 1 is 1.08 bits per heavy atom. The first kappa shape index (κ1) is 15.2. The first-order chi connectivity index (χ1) is 12.1. The number of halogens is 1. The molecule has 0 saturated carbocycles. The van der Waals surface area contributed by atoms with Crippen LogP contribution in [0.25, 0.3) is 22.0 Å². The Labute approximate surface area is 142 Å². The molecule has 4 aromatic rings. The monoisotopic (exact) mass is 335 g/mol. The number of pyridine rings is 1. The van der Waals surface area contributed by atoms with Gasteiger partial charge in [-0.25, -0.2) is 4.39 Å². The summed E-state index contributed by atoms with van der Waals surface area (Å²) in [5, 5.41) is 10.5. The van der Waals surface area contributed by atoms with E-state index in [1.54, 1.807) is 42.9 Å². The number of fused-ring (bicyclic) bond motifs is 1. The lowest BCUT2D eigenvalue weighted by Crippen LogP contribution is -2.15. The van der Waals surface area contributed by atoms with Crippen LogP contribution >= 0.6 is 0 Å². The number of aromatic hydroxyl groups is 1. The zero-order chi connectivity index (χ0) is 17.4. The molecule has 4 rings (SSSR count). The highest BCUT2D eigenvalue weighted by atomic mass is 19.1. The van der Waals surface area contributed by atoms with Gasteiger partial charge in [0.1, 0.15) is 11.6 Å². The summed E-state index contributed by atoms with van der Waals surface area (Å²) in [7, 11) is 0. The molecule has 0 bridgehead atoms. The van der Waals surface area contributed by atoms with E-state index in [0.717, 1.165) is 22.1 Å². The lowest BCUT2D eigenvalue weighted by atomic mass is 9.94. The molecule has 25 heavy (non-hydrogen) atoms. The van der Waals surface area contributed by atoms with E-state index >= 15 is 0 Å². The highest BCUT2D eigenvalue weighted by Gasteiger charge is 2.16. The number of phenols is 1. The minimum atomic E-state index is -0.318. The minimum absolute atomic E-state index is 0.0765. The SMILES string of the molecule is O=c1[nH]c2cc(O)ccc2c(-c2ccoc2)c1Cc1ccc(F)cc1. The fourth-order valence-electron chi connectivity index (χ4n) is 3.04. The smallest absolute Gasteiger partial charge is 0.252 e. The first-order valence-corrected chi connectivity index (χ1v) is 7.77. The number of rotatable bonds is 3. The molecule has 0 saturated heterocycles. The summed E-state index contributed by atoms with van der Waals surface area (Å²) in [6.07, 6.45) is 3.48. The van der Waals surface area contributed by atoms with E-state index in [0.29, 0.717) is 17.5 Å². The number of furan rings is 1. The van der Waals surface area contributed by atoms with Crippen LogP contribution in [0.3, 0.4) is 0 Å². The lowest BCUT2D eigenvalue weighted by molar-refractivity contribution is 0.476. The van der Waals surface area contributed by atoms with Gasteiger partial charge in [0.2, 0.25) is 0 Å². The fraction of sp³-hybridized carbons (Fsp3) is 0.0500. The molecule has 2 heterocycles. The highest BCUT2D eigenvalue weighted by molar-refractivity contribution is 5.96. The second-order valence-corrected chi connectivity index (χ2v) is 5.85. The average molecular weight is 335 g/mol. The van der Waals surface area contributed by atoms with E-state index in [4.69, 9.17) is 4.42 Å². The molecule has 124 valence electrons. The molecule has 5 heteroatoms. The Morgan fingerprint density at radius 3 is 2.60 bits per heavy atom. The summed E-state index contributed by atoms with van der Waals surface area (Å²) in [4.78, 5) is 15.5. The molecule has 0 fully saturated rings. The number of benzene rings is 2. The third-order valence-electron chi connectivity index (χ3n) is 4.20. The molecule has 0 aliphatic carbocycles. The van der Waals surface area contributed by atoms with E-state index in [9.17, 15) is 14.3 Å². The maximum Gasteiger partial charge on any atom is 0.252 e. The number of aromatic amines is 1. The van der Waals surface area contributed by atoms with Gasteiger partial charge in [-0.1, -0.05) is 12.1 Å². The van der Waals surface area contributed by atoms with E-state index in [-0.39, 0.29) is 17.1 Å². The lowest BCUT2D eigenvalue weighted by Gasteiger charge is -2.12. The maximum absolute atomic E-state index is 13.1. The van der Waals surface area contributed by atoms with Crippen molar-refractivity contribution in [3.63, 3.8) is 0 Å². The summed E-state index contributed by atoms with van der Waals surface area (Å²) in [5.41, 5.74) is 3.21. The predicted octanol–water partition coefficient (Wildman–Crippen LogP) is 4.22. The number of nitrogens with one attached hydrogen (secondary N) is 1. The topological polar surface area (TPSA) is 66.2 Å². The first-order valence-electron chi connectivity index (χ1n) is 7.77. The van der Waals surface area contributed by atoms with Gasteiger partial charge in [-0.05, 0) is 35.9 Å². The van der Waals surface area contributed by atoms with Crippen LogP contribution in [0.15, 0.2) is 70.3 Å². The van der Waals surface area contributed by atoms with Gasteiger partial charge in [0.05, 0.1) is 18.0 Å². The van der Waals surface area contributed by atoms with Gasteiger partial charge < -0.3 is 14.5 Å². The molecule has 4 nitrogen and oxygen atoms in total. The van der Waals surface area contributed by atoms with E-state index in [2.05, 4.69) is 4.98 Å². The second-order valence-electron chi connectivity index (χ2n) is 5.85. The quantitative estimate of drug-likeness (QED) is 0.589. The van der Waals surface area contributed by atoms with Gasteiger partial charge in [-0.15, -0.1) is 0 Å². The molecule has 0 radical (unpaired) electrons. The molecular weight excluding hydrogens is 321 g/mol. The van der Waals surface area contributed by atoms with Gasteiger partial charge >= 0.3 is 0 Å². The highest BCUT2D eigenvalue weighted by Crippen LogP contribution is 2.32. The van der Waals surface area contributed by atoms with Crippen molar-refractivity contribution in [1.29, 1.82) is 0 Å². The zero-order valence-corrected chi connectivity index (χ0v) is 13.1. The molecule has 0 spiro atoms. The Kier molecular flexibility index (Phi) is 3.61. The largest absolute Gasteiger partial charge is 0.508 e. The normalized spacial score (nSPS) is 11.1. The summed E-state index contributed by atoms with van der Waals surface area (Å²) in [6.45, 7) is 0. The molecule has 2 aromatic carbocycles. The molecule has 0 atom stereocenters. The average Bonchev–Trinajstić information content (AvgIpc) is 3.11. The molecule has 0 unspecified atom stereocenters. The molecule has 2 N–H and O–H groups in total. The van der Waals surface area contributed by atoms with E-state index in [1.807, 2.05) is 0 Å². The van der Waals surface area contributed by atoms with Crippen LogP contribution in [-0.4, -0.2) is 10.1 Å². The van der Waals surface area contributed by atoms with E-state index < -0.39 is 0 Å². The van der Waals surface area contributed by atoms with Crippen molar-refractivity contribution in [2.24, 2.45) is 0 Å². The van der Waals surface area contributed by atoms with Gasteiger partial charge in [0.25, 0.3) is 5.56 Å². The maximum atomic E-state index is 13.1. The Morgan fingerprint density at radius 2 is 1.88 bits per heavy atom. The Balaban J connectivity index is 1.97. The summed E-state index contributed by atoms with van der Waals surface area (Å²) in [6, 6.07) is 12.7. The standard InChI is InChI=1S/C20H14FNO3/c21-14-3-1-12(2-4-14)9-17-19(13-7-8-25-11-13)16-6-5-15(23)10-18(16)22-20(17)24/h1-8,10-11,23H,9H2,(H,22,24). The third-order valence-corrected chi connectivity index (χ3v) is 4.20. The Bertz CT molecular complexity index is 1100. The minimum Gasteiger partial charge on any atom is -0.508 e. The molecule has 0 aliphatic rings. The summed E-state index contributed by atoms with van der Waals surface area (Å²) >= 11 is 0. The van der Waals surface area contributed by atoms with Crippen molar-refractivity contribution in [3.8, 4) is 16.9 Å². The van der Waals surface area contributed by atoms with Crippen molar-refractivity contribution >= 4 is 10.9 Å². The van der Waals surface area contributed by atoms with Crippen molar-refractivity contribution in [3.05, 3.63) is 88.4 Å². The van der Waals surface area contributed by atoms with Crippen molar-refractivity contribution in [2.75, 3.05) is 0 Å².